The standard InChI is InChI=1S/C89H110FN13O24S/c1-7-89(116)65-42-72-77-63(48-102(72)82(109)64(65)50-125-85(89)113)76-68(21-19-60-52(2)66(90)43-69(95-77)75(60)76)96-86(114)126-49-55-12-16-57(17-13-55)94-80(107)71-9-8-24-101(71)81(108)53(3)93-79(106)61-22-23-91-67-20-18-59(41-62(61)67)124-40-39-123-38-37-122-36-35-121-34-33-120-32-31-119-30-29-118-28-27-117-26-25-100-47-58(98-99-100)45-92-78(105)56-14-10-54(11-15-56)46-103-74(104)44-73(83(103)110)128-51-70(84(111)112)97-87(115)127-88(4,5)6/h12-13,16-18,20,22-23,41-43,47,53-54,56,68,70-71,73,116H,7-11,14-15,19,21,24-40,44-46,48-51H2,1-6H3,(H,92,105)(H,93,106)(H,94,107)(H,96,114)(H,97,115)(H,111,112)/t53-,54?,56?,68+,70+,71+,73?,89+/m1/s1. The van der Waals surface area contributed by atoms with E-state index < -0.39 is 93.8 Å². The summed E-state index contributed by atoms with van der Waals surface area (Å²) < 4.78 is 80.2. The van der Waals surface area contributed by atoms with Crippen LogP contribution in [0.2, 0.25) is 0 Å². The fourth-order valence-corrected chi connectivity index (χ4v) is 17.7. The van der Waals surface area contributed by atoms with Crippen LogP contribution in [0.3, 0.4) is 0 Å². The Morgan fingerprint density at radius 3 is 2.09 bits per heavy atom. The summed E-state index contributed by atoms with van der Waals surface area (Å²) in [5.74, 6) is -4.59. The summed E-state index contributed by atoms with van der Waals surface area (Å²) >= 11 is 1.02. The Labute approximate surface area is 741 Å². The number of aryl methyl sites for hydroxylation is 1. The highest BCUT2D eigenvalue weighted by Gasteiger charge is 2.47. The van der Waals surface area contributed by atoms with Gasteiger partial charge in [0, 0.05) is 71.0 Å². The van der Waals surface area contributed by atoms with E-state index in [-0.39, 0.29) is 111 Å². The number of nitrogens with zero attached hydrogens (tertiary/aromatic N) is 8. The van der Waals surface area contributed by atoms with E-state index in [0.717, 1.165) is 17.3 Å². The van der Waals surface area contributed by atoms with E-state index in [1.807, 2.05) is 0 Å². The van der Waals surface area contributed by atoms with Crippen LogP contribution in [-0.4, -0.2) is 256 Å². The number of alkyl carbamates (subject to hydrolysis) is 2. The summed E-state index contributed by atoms with van der Waals surface area (Å²) in [4.78, 5) is 158. The number of ether oxygens (including phenoxy) is 11. The van der Waals surface area contributed by atoms with Gasteiger partial charge in [-0.2, -0.15) is 0 Å². The van der Waals surface area contributed by atoms with Crippen LogP contribution in [0.25, 0.3) is 33.2 Å². The van der Waals surface area contributed by atoms with Crippen LogP contribution < -0.4 is 36.9 Å². The average Bonchev–Trinajstić information content (AvgIpc) is 1.50. The van der Waals surface area contributed by atoms with Crippen LogP contribution >= 0.6 is 11.8 Å². The van der Waals surface area contributed by atoms with E-state index >= 15 is 4.39 Å². The fraction of sp³-hybridized carbons (Fsp3) is 0.539. The maximum absolute atomic E-state index is 15.5. The number of benzene rings is 3. The van der Waals surface area contributed by atoms with Gasteiger partial charge in [0.2, 0.25) is 29.5 Å². The minimum absolute atomic E-state index is 0.0327. The topological polar surface area (TPSA) is 458 Å². The molecule has 1 unspecified atom stereocenters. The maximum atomic E-state index is 15.5. The summed E-state index contributed by atoms with van der Waals surface area (Å²) in [5, 5.41) is 43.8. The highest BCUT2D eigenvalue weighted by atomic mass is 32.2. The first-order chi connectivity index (χ1) is 61.6. The van der Waals surface area contributed by atoms with Gasteiger partial charge in [-0.15, -0.1) is 16.9 Å². The number of fused-ring (bicyclic) bond motifs is 6. The number of esters is 1. The molecule has 8 amide bonds. The molecule has 4 aromatic heterocycles. The number of thioether (sulfide) groups is 1. The summed E-state index contributed by atoms with van der Waals surface area (Å²) in [5.41, 5.74) is 2.99. The molecule has 13 rings (SSSR count). The third kappa shape index (κ3) is 23.6. The molecule has 6 atom stereocenters. The zero-order valence-electron chi connectivity index (χ0n) is 72.5. The number of hydrogen-bond donors (Lipinski definition) is 7. The molecule has 1 saturated carbocycles. The van der Waals surface area contributed by atoms with Crippen LogP contribution in [0, 0.1) is 24.6 Å². The Hall–Kier alpha value is -11.2. The van der Waals surface area contributed by atoms with Crippen molar-refractivity contribution in [2.75, 3.05) is 123 Å². The lowest BCUT2D eigenvalue weighted by Crippen LogP contribution is -2.51. The largest absolute Gasteiger partial charge is 0.491 e. The van der Waals surface area contributed by atoms with E-state index in [4.69, 9.17) is 57.1 Å². The smallest absolute Gasteiger partial charge is 0.408 e. The Balaban J connectivity index is 0.430. The number of carbonyl (C=O) groups is 10. The lowest BCUT2D eigenvalue weighted by Gasteiger charge is -2.31. The molecule has 37 nitrogen and oxygen atoms in total. The molecule has 7 N–H and O–H groups in total. The summed E-state index contributed by atoms with van der Waals surface area (Å²) in [6.07, 6.45) is 5.80. The van der Waals surface area contributed by atoms with Gasteiger partial charge in [-0.3, -0.25) is 43.4 Å². The van der Waals surface area contributed by atoms with Crippen molar-refractivity contribution >= 4 is 98.8 Å². The third-order valence-corrected chi connectivity index (χ3v) is 24.6. The van der Waals surface area contributed by atoms with Crippen molar-refractivity contribution in [2.45, 2.75) is 179 Å². The molecule has 128 heavy (non-hydrogen) atoms. The number of aromatic nitrogens is 6. The molecular weight excluding hydrogens is 1690 g/mol. The number of rotatable bonds is 44. The quantitative estimate of drug-likeness (QED) is 0.00894. The Morgan fingerprint density at radius 2 is 1.43 bits per heavy atom. The molecular formula is C89H110FN13O24S. The number of cyclic esters (lactones) is 1. The molecule has 0 spiro atoms. The third-order valence-electron chi connectivity index (χ3n) is 23.3. The van der Waals surface area contributed by atoms with Crippen LogP contribution in [0.5, 0.6) is 5.75 Å². The number of carboxylic acid groups (broad SMARTS) is 1. The second kappa shape index (κ2) is 43.8. The summed E-state index contributed by atoms with van der Waals surface area (Å²) in [6.45, 7) is 16.0. The first-order valence-electron chi connectivity index (χ1n) is 43.3. The fourth-order valence-electron chi connectivity index (χ4n) is 16.6. The van der Waals surface area contributed by atoms with Crippen LogP contribution in [-0.2, 0) is 126 Å². The van der Waals surface area contributed by atoms with Gasteiger partial charge in [0.1, 0.15) is 60.8 Å². The summed E-state index contributed by atoms with van der Waals surface area (Å²) in [7, 11) is 0. The van der Waals surface area contributed by atoms with E-state index in [2.05, 4.69) is 41.9 Å². The number of halogens is 1. The first-order valence-corrected chi connectivity index (χ1v) is 44.3. The lowest BCUT2D eigenvalue weighted by molar-refractivity contribution is -0.172. The molecule has 2 aliphatic carbocycles. The molecule has 0 bridgehead atoms. The van der Waals surface area contributed by atoms with Crippen molar-refractivity contribution in [1.29, 1.82) is 0 Å². The number of carboxylic acids is 1. The predicted octanol–water partition coefficient (Wildman–Crippen LogP) is 6.78. The van der Waals surface area contributed by atoms with Crippen LogP contribution in [0.1, 0.15) is 153 Å². The number of aliphatic hydroxyl groups is 1. The molecule has 0 radical (unpaired) electrons. The minimum Gasteiger partial charge on any atom is -0.491 e. The van der Waals surface area contributed by atoms with E-state index in [0.29, 0.717) is 223 Å². The lowest BCUT2D eigenvalue weighted by atomic mass is 9.81. The van der Waals surface area contributed by atoms with Crippen molar-refractivity contribution in [1.82, 2.24) is 60.6 Å². The van der Waals surface area contributed by atoms with Crippen LogP contribution in [0.4, 0.5) is 19.7 Å². The van der Waals surface area contributed by atoms with Crippen molar-refractivity contribution < 1.29 is 115 Å². The monoisotopic (exact) mass is 1800 g/mol. The van der Waals surface area contributed by atoms with Gasteiger partial charge in [-0.25, -0.2) is 33.2 Å². The molecule has 7 aromatic rings. The molecule has 39 heteroatoms. The van der Waals surface area contributed by atoms with E-state index in [1.54, 1.807) is 107 Å². The van der Waals surface area contributed by atoms with Crippen molar-refractivity contribution in [3.63, 3.8) is 0 Å². The number of pyridine rings is 3. The number of anilines is 1. The normalized spacial score (nSPS) is 19.2. The predicted molar refractivity (Wildman–Crippen MR) is 459 cm³/mol. The van der Waals surface area contributed by atoms with Crippen molar-refractivity contribution in [3.05, 3.63) is 139 Å². The second-order valence-corrected chi connectivity index (χ2v) is 34.4. The Morgan fingerprint density at radius 1 is 0.758 bits per heavy atom. The van der Waals surface area contributed by atoms with Gasteiger partial charge in [0.05, 0.1) is 163 Å². The van der Waals surface area contributed by atoms with Gasteiger partial charge in [0.15, 0.2) is 5.60 Å². The molecule has 3 fully saturated rings. The Kier molecular flexibility index (Phi) is 32.3. The highest BCUT2D eigenvalue weighted by Crippen LogP contribution is 2.47. The van der Waals surface area contributed by atoms with Crippen molar-refractivity contribution in [2.24, 2.45) is 11.8 Å². The first kappa shape index (κ1) is 94.4. The minimum atomic E-state index is -2.05. The SMILES string of the molecule is CC[C@@]1(O)C(=O)OCc2c1cc1n(c2=O)Cc2c-1nc1cc(F)c(C)c3c1c2[C@@H](NC(=O)OCc1ccc(NC(=O)[C@@H]2CCCN2C(=O)[C@@H](C)NC(=O)c2ccnc4ccc(OCCOCCOCCOCCOCCOCCOCCOCCn5cc(CNC(=O)C6CCC(CN7C(=O)CC(SC[C@H](NC(=O)OC(C)(C)C)C(=O)O)C7=O)CC6)nn5)cc24)cc1)CC3. The van der Waals surface area contributed by atoms with Crippen LogP contribution in [0.15, 0.2) is 77.9 Å². The molecule has 3 aromatic carbocycles. The number of carbonyl (C=O) groups excluding carboxylic acids is 9. The van der Waals surface area contributed by atoms with Gasteiger partial charge in [-0.1, -0.05) is 24.3 Å². The maximum Gasteiger partial charge on any atom is 0.408 e. The van der Waals surface area contributed by atoms with Gasteiger partial charge >= 0.3 is 24.1 Å². The van der Waals surface area contributed by atoms with Gasteiger partial charge < -0.3 is 98.4 Å². The number of likely N-dealkylation sites (tertiary alicyclic amines) is 2. The van der Waals surface area contributed by atoms with Gasteiger partial charge in [0.25, 0.3) is 11.5 Å². The van der Waals surface area contributed by atoms with E-state index in [1.165, 1.54) is 26.6 Å². The molecule has 4 aliphatic heterocycles. The summed E-state index contributed by atoms with van der Waals surface area (Å²) in [6, 6.07) is 12.6. The van der Waals surface area contributed by atoms with E-state index in [9.17, 15) is 63.0 Å². The number of hydrogen-bond acceptors (Lipinski definition) is 28. The number of imide groups is 1. The molecule has 8 heterocycles. The number of nitrogens with one attached hydrogen (secondary N) is 5. The second-order valence-electron chi connectivity index (χ2n) is 33.2. The number of amides is 8. The molecule has 688 valence electrons. The zero-order chi connectivity index (χ0) is 90.8. The highest BCUT2D eigenvalue weighted by molar-refractivity contribution is 8.00. The number of aliphatic carboxylic acids is 1. The molecule has 6 aliphatic rings. The Bertz CT molecular complexity index is 5280. The van der Waals surface area contributed by atoms with Crippen molar-refractivity contribution in [3.8, 4) is 17.1 Å². The zero-order valence-corrected chi connectivity index (χ0v) is 73.4. The average molecular weight is 1800 g/mol. The van der Waals surface area contributed by atoms with Gasteiger partial charge in [-0.05, 0) is 163 Å². The molecule has 2 saturated heterocycles.